The van der Waals surface area contributed by atoms with Crippen LogP contribution in [0, 0.1) is 0 Å². The highest BCUT2D eigenvalue weighted by Crippen LogP contribution is 2.46. The normalized spacial score (nSPS) is 15.3. The number of rotatable bonds is 3. The van der Waals surface area contributed by atoms with Crippen LogP contribution in [0.3, 0.4) is 0 Å². The summed E-state index contributed by atoms with van der Waals surface area (Å²) in [6.07, 6.45) is 0. The van der Waals surface area contributed by atoms with Crippen LogP contribution >= 0.6 is 0 Å². The minimum Gasteiger partial charge on any atom is -0.0622 e. The Bertz CT molecular complexity index is 2740. The molecule has 8 aromatic rings. The number of hydrogen-bond donors (Lipinski definition) is 0. The van der Waals surface area contributed by atoms with Crippen LogP contribution in [0.4, 0.5) is 0 Å². The molecule has 0 unspecified atom stereocenters. The Morgan fingerprint density at radius 1 is 0.350 bits per heavy atom. The third kappa shape index (κ3) is 3.54. The molecule has 0 aromatic heterocycles. The van der Waals surface area contributed by atoms with Crippen LogP contribution in [0.2, 0.25) is 0 Å². The molecule has 0 spiro atoms. The number of hydrogen-bond acceptors (Lipinski definition) is 0. The topological polar surface area (TPSA) is 0 Å². The first-order chi connectivity index (χ1) is 24.4. The Labute approximate surface area is 249 Å². The van der Waals surface area contributed by atoms with E-state index >= 15 is 0 Å². The molecular weight excluding hydrogens is 480 g/mol. The van der Waals surface area contributed by atoms with Gasteiger partial charge in [0, 0.05) is 0 Å². The van der Waals surface area contributed by atoms with E-state index in [9.17, 15) is 5.48 Å². The fourth-order valence-corrected chi connectivity index (χ4v) is 5.76. The van der Waals surface area contributed by atoms with Crippen molar-refractivity contribution in [2.75, 3.05) is 0 Å². The summed E-state index contributed by atoms with van der Waals surface area (Å²) in [5.41, 5.74) is 2.57. The predicted octanol–water partition coefficient (Wildman–Crippen LogP) is 11.3. The summed E-state index contributed by atoms with van der Waals surface area (Å²) in [6.45, 7) is 0. The standard InChI is InChI=1S/C40H26/c1-2-13-28(14-3-1)39-35-16-6-8-18-37(35)40(38-19-9-7-17-36(38)39)34-23-11-21-32-31(20-10-22-33(32)34)30-25-24-27-12-4-5-15-29(27)26-30/h1-26H/i1D,2D,6D,7D,8D,9D,13D,16D,17D,18D,19D. The Morgan fingerprint density at radius 3 is 1.68 bits per heavy atom. The highest BCUT2D eigenvalue weighted by molar-refractivity contribution is 6.24. The van der Waals surface area contributed by atoms with Gasteiger partial charge in [-0.3, -0.25) is 0 Å². The van der Waals surface area contributed by atoms with E-state index < -0.39 is 60.4 Å². The van der Waals surface area contributed by atoms with E-state index in [2.05, 4.69) is 12.1 Å². The van der Waals surface area contributed by atoms with Gasteiger partial charge in [-0.15, -0.1) is 0 Å². The molecule has 0 nitrogen and oxygen atoms in total. The third-order valence-corrected chi connectivity index (χ3v) is 7.50. The van der Waals surface area contributed by atoms with Crippen molar-refractivity contribution in [1.82, 2.24) is 0 Å². The molecule has 0 radical (unpaired) electrons. The second-order valence-electron chi connectivity index (χ2n) is 9.66. The van der Waals surface area contributed by atoms with E-state index in [0.29, 0.717) is 10.9 Å². The van der Waals surface area contributed by atoms with Crippen LogP contribution in [-0.4, -0.2) is 0 Å². The lowest BCUT2D eigenvalue weighted by Gasteiger charge is -2.19. The second kappa shape index (κ2) is 9.22. The molecule has 0 bridgehead atoms. The van der Waals surface area contributed by atoms with Gasteiger partial charge in [0.15, 0.2) is 0 Å². The molecule has 0 aliphatic carbocycles. The number of fused-ring (bicyclic) bond motifs is 4. The van der Waals surface area contributed by atoms with Gasteiger partial charge in [0.1, 0.15) is 0 Å². The maximum Gasteiger partial charge on any atom is 0.0629 e. The SMILES string of the molecule is [2H]c1ccc(-c2c3c([2H])c([2H])c([2H])c([2H])c3c(-c3cccc4c(-c5ccc6ccccc6c5)cccc34)c3c([2H])c([2H])c([2H])c([2H])c23)c([2H])c1[2H]. The zero-order valence-electron chi connectivity index (χ0n) is 32.2. The van der Waals surface area contributed by atoms with Crippen LogP contribution in [0.25, 0.3) is 76.5 Å². The molecule has 8 rings (SSSR count). The van der Waals surface area contributed by atoms with Crippen molar-refractivity contribution in [2.24, 2.45) is 0 Å². The van der Waals surface area contributed by atoms with Crippen molar-refractivity contribution < 1.29 is 15.1 Å². The minimum absolute atomic E-state index is 0.0154. The van der Waals surface area contributed by atoms with Crippen molar-refractivity contribution >= 4 is 43.1 Å². The van der Waals surface area contributed by atoms with E-state index in [4.69, 9.17) is 9.60 Å². The second-order valence-corrected chi connectivity index (χ2v) is 9.66. The molecule has 0 saturated carbocycles. The highest BCUT2D eigenvalue weighted by Gasteiger charge is 2.18. The molecular formula is C40H26. The summed E-state index contributed by atoms with van der Waals surface area (Å²) >= 11 is 0. The number of benzene rings is 8. The van der Waals surface area contributed by atoms with Gasteiger partial charge in [0.25, 0.3) is 0 Å². The molecule has 0 amide bonds. The average molecular weight is 518 g/mol. The van der Waals surface area contributed by atoms with Gasteiger partial charge >= 0.3 is 0 Å². The molecule has 0 aliphatic heterocycles. The fraction of sp³-hybridized carbons (Fsp3) is 0. The van der Waals surface area contributed by atoms with Crippen molar-refractivity contribution in [3.8, 4) is 33.4 Å². The van der Waals surface area contributed by atoms with Gasteiger partial charge in [-0.1, -0.05) is 151 Å². The predicted molar refractivity (Wildman–Crippen MR) is 173 cm³/mol. The van der Waals surface area contributed by atoms with E-state index in [-0.39, 0.29) is 44.3 Å². The summed E-state index contributed by atoms with van der Waals surface area (Å²) < 4.78 is 97.1. The van der Waals surface area contributed by atoms with E-state index in [1.54, 1.807) is 6.07 Å². The summed E-state index contributed by atoms with van der Waals surface area (Å²) in [4.78, 5) is 0. The largest absolute Gasteiger partial charge is 0.0629 e. The quantitative estimate of drug-likeness (QED) is 0.204. The fourth-order valence-electron chi connectivity index (χ4n) is 5.76. The van der Waals surface area contributed by atoms with Gasteiger partial charge in [-0.2, -0.15) is 0 Å². The first-order valence-corrected chi connectivity index (χ1v) is 13.0. The maximum atomic E-state index is 9.27. The molecule has 40 heavy (non-hydrogen) atoms. The molecule has 0 atom stereocenters. The van der Waals surface area contributed by atoms with Crippen molar-refractivity contribution in [1.29, 1.82) is 0 Å². The summed E-state index contributed by atoms with van der Waals surface area (Å²) in [5, 5.41) is 3.65. The van der Waals surface area contributed by atoms with Gasteiger partial charge in [0.2, 0.25) is 0 Å². The van der Waals surface area contributed by atoms with E-state index in [0.717, 1.165) is 27.3 Å². The smallest absolute Gasteiger partial charge is 0.0622 e. The molecule has 0 heterocycles. The lowest BCUT2D eigenvalue weighted by Crippen LogP contribution is -1.92. The molecule has 0 fully saturated rings. The van der Waals surface area contributed by atoms with Gasteiger partial charge in [-0.05, 0) is 82.5 Å². The van der Waals surface area contributed by atoms with Crippen LogP contribution in [0.5, 0.6) is 0 Å². The molecule has 0 N–H and O–H groups in total. The minimum atomic E-state index is -0.550. The molecule has 0 heteroatoms. The summed E-state index contributed by atoms with van der Waals surface area (Å²) in [6, 6.07) is 23.4. The summed E-state index contributed by atoms with van der Waals surface area (Å²) in [5.74, 6) is 0. The average Bonchev–Trinajstić information content (AvgIpc) is 3.15. The highest BCUT2D eigenvalue weighted by atomic mass is 14.2. The lowest BCUT2D eigenvalue weighted by atomic mass is 9.84. The molecule has 8 aromatic carbocycles. The first kappa shape index (κ1) is 14.3. The molecule has 186 valence electrons. The van der Waals surface area contributed by atoms with Crippen molar-refractivity contribution in [2.45, 2.75) is 0 Å². The third-order valence-electron chi connectivity index (χ3n) is 7.50. The van der Waals surface area contributed by atoms with Crippen molar-refractivity contribution in [3.63, 3.8) is 0 Å². The molecule has 0 saturated heterocycles. The van der Waals surface area contributed by atoms with Crippen molar-refractivity contribution in [3.05, 3.63) is 157 Å². The molecule has 0 aliphatic rings. The Hall–Kier alpha value is -5.20. The van der Waals surface area contributed by atoms with Crippen LogP contribution in [-0.2, 0) is 0 Å². The summed E-state index contributed by atoms with van der Waals surface area (Å²) in [7, 11) is 0. The zero-order valence-corrected chi connectivity index (χ0v) is 21.2. The van der Waals surface area contributed by atoms with Gasteiger partial charge in [0.05, 0.1) is 15.1 Å². The monoisotopic (exact) mass is 517 g/mol. The Kier molecular flexibility index (Phi) is 3.29. The lowest BCUT2D eigenvalue weighted by molar-refractivity contribution is 1.65. The van der Waals surface area contributed by atoms with Crippen LogP contribution in [0.1, 0.15) is 15.1 Å². The zero-order chi connectivity index (χ0) is 36.0. The maximum absolute atomic E-state index is 9.27. The van der Waals surface area contributed by atoms with Crippen LogP contribution in [0.15, 0.2) is 157 Å². The Balaban J connectivity index is 1.62. The first-order valence-electron chi connectivity index (χ1n) is 18.5. The van der Waals surface area contributed by atoms with Gasteiger partial charge in [-0.25, -0.2) is 0 Å². The van der Waals surface area contributed by atoms with Crippen LogP contribution < -0.4 is 0 Å². The van der Waals surface area contributed by atoms with Gasteiger partial charge < -0.3 is 0 Å². The van der Waals surface area contributed by atoms with E-state index in [1.807, 2.05) is 60.7 Å². The van der Waals surface area contributed by atoms with E-state index in [1.165, 1.54) is 12.1 Å². The Morgan fingerprint density at radius 2 is 0.950 bits per heavy atom.